The molecule has 2 rings (SSSR count). The van der Waals surface area contributed by atoms with Crippen LogP contribution in [0.5, 0.6) is 0 Å². The van der Waals surface area contributed by atoms with Crippen LogP contribution < -0.4 is 0 Å². The summed E-state index contributed by atoms with van der Waals surface area (Å²) in [6, 6.07) is 0.620. The molecule has 0 saturated carbocycles. The Kier molecular flexibility index (Phi) is 2.30. The first-order chi connectivity index (χ1) is 6.55. The van der Waals surface area contributed by atoms with Crippen LogP contribution in [-0.4, -0.2) is 46.9 Å². The molecular formula is C11H20N2O. The minimum Gasteiger partial charge on any atom is -0.335 e. The van der Waals surface area contributed by atoms with Crippen molar-refractivity contribution in [3.8, 4) is 0 Å². The van der Waals surface area contributed by atoms with E-state index in [0.717, 1.165) is 19.6 Å². The number of likely N-dealkylation sites (tertiary alicyclic amines) is 2. The average molecular weight is 196 g/mol. The van der Waals surface area contributed by atoms with E-state index in [2.05, 4.69) is 23.6 Å². The zero-order valence-electron chi connectivity index (χ0n) is 9.42. The summed E-state index contributed by atoms with van der Waals surface area (Å²) in [5, 5.41) is 0. The second-order valence-electron chi connectivity index (χ2n) is 5.00. The highest BCUT2D eigenvalue weighted by Gasteiger charge is 2.51. The minimum atomic E-state index is 0.218. The summed E-state index contributed by atoms with van der Waals surface area (Å²) < 4.78 is 0. The van der Waals surface area contributed by atoms with Crippen LogP contribution in [0, 0.1) is 0 Å². The maximum absolute atomic E-state index is 11.4. The number of rotatable bonds is 1. The van der Waals surface area contributed by atoms with Crippen molar-refractivity contribution in [3.63, 3.8) is 0 Å². The van der Waals surface area contributed by atoms with Gasteiger partial charge in [0.2, 0.25) is 5.91 Å². The van der Waals surface area contributed by atoms with Gasteiger partial charge in [-0.05, 0) is 26.7 Å². The van der Waals surface area contributed by atoms with Crippen molar-refractivity contribution in [2.75, 3.05) is 19.6 Å². The van der Waals surface area contributed by atoms with Gasteiger partial charge in [0.05, 0.1) is 5.54 Å². The smallest absolute Gasteiger partial charge is 0.219 e. The van der Waals surface area contributed by atoms with E-state index in [-0.39, 0.29) is 11.4 Å². The second kappa shape index (κ2) is 3.23. The van der Waals surface area contributed by atoms with Crippen molar-refractivity contribution < 1.29 is 4.79 Å². The first-order valence-corrected chi connectivity index (χ1v) is 5.57. The van der Waals surface area contributed by atoms with Crippen molar-refractivity contribution >= 4 is 5.91 Å². The highest BCUT2D eigenvalue weighted by atomic mass is 16.2. The third-order valence-electron chi connectivity index (χ3n) is 3.70. The summed E-state index contributed by atoms with van der Waals surface area (Å²) in [4.78, 5) is 16.0. The molecular weight excluding hydrogens is 176 g/mol. The highest BCUT2D eigenvalue weighted by molar-refractivity contribution is 5.75. The summed E-state index contributed by atoms with van der Waals surface area (Å²) in [6.07, 6.45) is 2.39. The van der Waals surface area contributed by atoms with Crippen LogP contribution in [0.4, 0.5) is 0 Å². The quantitative estimate of drug-likeness (QED) is 0.627. The minimum absolute atomic E-state index is 0.218. The van der Waals surface area contributed by atoms with Crippen molar-refractivity contribution in [3.05, 3.63) is 0 Å². The van der Waals surface area contributed by atoms with E-state index in [4.69, 9.17) is 0 Å². The normalized spacial score (nSPS) is 25.9. The van der Waals surface area contributed by atoms with E-state index >= 15 is 0 Å². The average Bonchev–Trinajstić information content (AvgIpc) is 2.43. The Balaban J connectivity index is 2.02. The molecule has 0 radical (unpaired) electrons. The van der Waals surface area contributed by atoms with Gasteiger partial charge in [-0.1, -0.05) is 0 Å². The van der Waals surface area contributed by atoms with Crippen LogP contribution in [-0.2, 0) is 4.79 Å². The molecule has 3 heteroatoms. The van der Waals surface area contributed by atoms with Crippen molar-refractivity contribution in [2.24, 2.45) is 0 Å². The molecule has 2 fully saturated rings. The Morgan fingerprint density at radius 1 is 1.36 bits per heavy atom. The lowest BCUT2D eigenvalue weighted by Gasteiger charge is -2.54. The van der Waals surface area contributed by atoms with Crippen LogP contribution in [0.1, 0.15) is 33.6 Å². The zero-order valence-corrected chi connectivity index (χ0v) is 9.42. The molecule has 2 aliphatic heterocycles. The first-order valence-electron chi connectivity index (χ1n) is 5.57. The monoisotopic (exact) mass is 196 g/mol. The van der Waals surface area contributed by atoms with Crippen molar-refractivity contribution in [1.29, 1.82) is 0 Å². The maximum atomic E-state index is 11.4. The summed E-state index contributed by atoms with van der Waals surface area (Å²) in [5.74, 6) is 0.255. The standard InChI is InChI=1S/C11H20N2O/c1-9(2)12-7-11(8-12)5-4-6-13(11)10(3)14/h9H,4-8H2,1-3H3. The number of hydrogen-bond donors (Lipinski definition) is 0. The third kappa shape index (κ3) is 1.34. The number of nitrogens with zero attached hydrogens (tertiary/aromatic N) is 2. The number of amides is 1. The van der Waals surface area contributed by atoms with Crippen molar-refractivity contribution in [2.45, 2.75) is 45.2 Å². The summed E-state index contributed by atoms with van der Waals surface area (Å²) >= 11 is 0. The fourth-order valence-electron chi connectivity index (χ4n) is 2.83. The van der Waals surface area contributed by atoms with Crippen LogP contribution in [0.25, 0.3) is 0 Å². The van der Waals surface area contributed by atoms with Gasteiger partial charge in [0.1, 0.15) is 0 Å². The molecule has 80 valence electrons. The van der Waals surface area contributed by atoms with Gasteiger partial charge in [0, 0.05) is 32.6 Å². The maximum Gasteiger partial charge on any atom is 0.219 e. The SMILES string of the molecule is CC(=O)N1CCCC12CN(C(C)C)C2. The molecule has 2 aliphatic rings. The molecule has 14 heavy (non-hydrogen) atoms. The Labute approximate surface area is 86.1 Å². The molecule has 2 saturated heterocycles. The van der Waals surface area contributed by atoms with Gasteiger partial charge in [0.15, 0.2) is 0 Å². The molecule has 1 spiro atoms. The van der Waals surface area contributed by atoms with Gasteiger partial charge in [-0.25, -0.2) is 0 Å². The number of carbonyl (C=O) groups excluding carboxylic acids is 1. The van der Waals surface area contributed by atoms with E-state index in [1.165, 1.54) is 12.8 Å². The molecule has 0 N–H and O–H groups in total. The Morgan fingerprint density at radius 3 is 2.50 bits per heavy atom. The van der Waals surface area contributed by atoms with Gasteiger partial charge in [-0.15, -0.1) is 0 Å². The van der Waals surface area contributed by atoms with E-state index in [9.17, 15) is 4.79 Å². The second-order valence-corrected chi connectivity index (χ2v) is 5.00. The third-order valence-corrected chi connectivity index (χ3v) is 3.70. The molecule has 0 bridgehead atoms. The number of hydrogen-bond acceptors (Lipinski definition) is 2. The van der Waals surface area contributed by atoms with E-state index in [1.807, 2.05) is 0 Å². The molecule has 0 atom stereocenters. The van der Waals surface area contributed by atoms with Gasteiger partial charge in [-0.2, -0.15) is 0 Å². The lowest BCUT2D eigenvalue weighted by atomic mass is 9.86. The fourth-order valence-corrected chi connectivity index (χ4v) is 2.83. The zero-order chi connectivity index (χ0) is 10.3. The topological polar surface area (TPSA) is 23.6 Å². The summed E-state index contributed by atoms with van der Waals surface area (Å²) in [6.45, 7) is 9.29. The lowest BCUT2D eigenvalue weighted by molar-refractivity contribution is -0.141. The van der Waals surface area contributed by atoms with Crippen LogP contribution in [0.3, 0.4) is 0 Å². The fraction of sp³-hybridized carbons (Fsp3) is 0.909. The van der Waals surface area contributed by atoms with Crippen LogP contribution >= 0.6 is 0 Å². The van der Waals surface area contributed by atoms with Gasteiger partial charge in [-0.3, -0.25) is 9.69 Å². The molecule has 0 aromatic carbocycles. The molecule has 3 nitrogen and oxygen atoms in total. The largest absolute Gasteiger partial charge is 0.335 e. The van der Waals surface area contributed by atoms with E-state index < -0.39 is 0 Å². The highest BCUT2D eigenvalue weighted by Crippen LogP contribution is 2.38. The molecule has 0 aliphatic carbocycles. The van der Waals surface area contributed by atoms with E-state index in [1.54, 1.807) is 6.92 Å². The Bertz CT molecular complexity index is 244. The van der Waals surface area contributed by atoms with E-state index in [0.29, 0.717) is 6.04 Å². The Hall–Kier alpha value is -0.570. The summed E-state index contributed by atoms with van der Waals surface area (Å²) in [7, 11) is 0. The number of carbonyl (C=O) groups is 1. The summed E-state index contributed by atoms with van der Waals surface area (Å²) in [5.41, 5.74) is 0.218. The lowest BCUT2D eigenvalue weighted by Crippen LogP contribution is -2.69. The predicted octanol–water partition coefficient (Wildman–Crippen LogP) is 1.09. The van der Waals surface area contributed by atoms with Gasteiger partial charge >= 0.3 is 0 Å². The molecule has 2 heterocycles. The van der Waals surface area contributed by atoms with Gasteiger partial charge < -0.3 is 4.90 Å². The molecule has 0 aromatic rings. The predicted molar refractivity (Wildman–Crippen MR) is 56.1 cm³/mol. The Morgan fingerprint density at radius 2 is 2.00 bits per heavy atom. The van der Waals surface area contributed by atoms with Crippen LogP contribution in [0.2, 0.25) is 0 Å². The molecule has 0 aromatic heterocycles. The molecule has 1 amide bonds. The van der Waals surface area contributed by atoms with Crippen LogP contribution in [0.15, 0.2) is 0 Å². The van der Waals surface area contributed by atoms with Gasteiger partial charge in [0.25, 0.3) is 0 Å². The van der Waals surface area contributed by atoms with Crippen molar-refractivity contribution in [1.82, 2.24) is 9.80 Å². The molecule has 0 unspecified atom stereocenters. The first kappa shape index (κ1) is 9.97.